The number of rotatable bonds is 6. The van der Waals surface area contributed by atoms with Crippen molar-refractivity contribution in [1.29, 1.82) is 0 Å². The molecule has 0 unspecified atom stereocenters. The highest BCUT2D eigenvalue weighted by Crippen LogP contribution is 2.28. The summed E-state index contributed by atoms with van der Waals surface area (Å²) in [6.45, 7) is 5.97. The normalized spacial score (nSPS) is 23.8. The second-order valence-corrected chi connectivity index (χ2v) is 8.33. The summed E-state index contributed by atoms with van der Waals surface area (Å²) in [5.41, 5.74) is 0.890. The Labute approximate surface area is 167 Å². The molecule has 152 valence electrons. The Morgan fingerprint density at radius 3 is 2.54 bits per heavy atom. The molecule has 2 aromatic rings. The molecule has 2 aliphatic rings. The molecule has 1 saturated heterocycles. The monoisotopic (exact) mass is 384 g/mol. The maximum Gasteiger partial charge on any atom is 0.223 e. The van der Waals surface area contributed by atoms with Crippen LogP contribution in [-0.4, -0.2) is 47.4 Å². The largest absolute Gasteiger partial charge is 0.488 e. The third kappa shape index (κ3) is 4.92. The molecule has 1 aliphatic carbocycles. The van der Waals surface area contributed by atoms with Gasteiger partial charge in [-0.25, -0.2) is 9.97 Å². The van der Waals surface area contributed by atoms with E-state index in [0.29, 0.717) is 24.1 Å². The SMILES string of the molecule is CC(C)NC1CCC(Nc2ncc3cccc(OC4CCOCC4)c3n2)CC1. The van der Waals surface area contributed by atoms with Crippen molar-refractivity contribution in [3.8, 4) is 5.75 Å². The molecule has 28 heavy (non-hydrogen) atoms. The summed E-state index contributed by atoms with van der Waals surface area (Å²) in [4.78, 5) is 9.35. The Kier molecular flexibility index (Phi) is 6.27. The third-order valence-corrected chi connectivity index (χ3v) is 5.67. The van der Waals surface area contributed by atoms with E-state index in [1.807, 2.05) is 24.4 Å². The molecular formula is C22H32N4O2. The number of hydrogen-bond acceptors (Lipinski definition) is 6. The van der Waals surface area contributed by atoms with Crippen molar-refractivity contribution in [2.24, 2.45) is 0 Å². The van der Waals surface area contributed by atoms with Crippen molar-refractivity contribution >= 4 is 16.9 Å². The fourth-order valence-corrected chi connectivity index (χ4v) is 4.22. The number of nitrogens with one attached hydrogen (secondary N) is 2. The first-order chi connectivity index (χ1) is 13.7. The summed E-state index contributed by atoms with van der Waals surface area (Å²) in [6, 6.07) is 7.68. The van der Waals surface area contributed by atoms with Crippen LogP contribution in [0, 0.1) is 0 Å². The van der Waals surface area contributed by atoms with E-state index in [1.165, 1.54) is 12.8 Å². The Morgan fingerprint density at radius 2 is 1.79 bits per heavy atom. The molecule has 6 nitrogen and oxygen atoms in total. The molecule has 6 heteroatoms. The van der Waals surface area contributed by atoms with Gasteiger partial charge in [0.15, 0.2) is 0 Å². The van der Waals surface area contributed by atoms with E-state index in [4.69, 9.17) is 14.5 Å². The van der Waals surface area contributed by atoms with Crippen molar-refractivity contribution in [3.05, 3.63) is 24.4 Å². The molecule has 1 aliphatic heterocycles. The van der Waals surface area contributed by atoms with Crippen LogP contribution in [0.25, 0.3) is 10.9 Å². The van der Waals surface area contributed by atoms with Gasteiger partial charge in [-0.2, -0.15) is 0 Å². The lowest BCUT2D eigenvalue weighted by molar-refractivity contribution is 0.0261. The minimum atomic E-state index is 0.203. The van der Waals surface area contributed by atoms with Crippen LogP contribution in [-0.2, 0) is 4.74 Å². The average molecular weight is 385 g/mol. The van der Waals surface area contributed by atoms with Gasteiger partial charge >= 0.3 is 0 Å². The van der Waals surface area contributed by atoms with Crippen LogP contribution in [0.1, 0.15) is 52.4 Å². The standard InChI is InChI=1S/C22H32N4O2/c1-15(2)24-17-6-8-18(9-7-17)25-22-23-14-16-4-3-5-20(21(16)26-22)28-19-10-12-27-13-11-19/h3-5,14-15,17-19,24H,6-13H2,1-2H3,(H,23,25,26). The number of hydrogen-bond donors (Lipinski definition) is 2. The Morgan fingerprint density at radius 1 is 1.04 bits per heavy atom. The number of aromatic nitrogens is 2. The molecule has 1 aromatic carbocycles. The molecule has 0 bridgehead atoms. The number of benzene rings is 1. The van der Waals surface area contributed by atoms with Gasteiger partial charge in [0, 0.05) is 42.6 Å². The first kappa shape index (κ1) is 19.4. The topological polar surface area (TPSA) is 68.3 Å². The molecule has 2 N–H and O–H groups in total. The van der Waals surface area contributed by atoms with Crippen LogP contribution >= 0.6 is 0 Å². The third-order valence-electron chi connectivity index (χ3n) is 5.67. The molecule has 0 radical (unpaired) electrons. The second kappa shape index (κ2) is 9.05. The molecular weight excluding hydrogens is 352 g/mol. The first-order valence-corrected chi connectivity index (χ1v) is 10.7. The fourth-order valence-electron chi connectivity index (χ4n) is 4.22. The van der Waals surface area contributed by atoms with Crippen molar-refractivity contribution in [2.45, 2.75) is 76.6 Å². The van der Waals surface area contributed by atoms with Gasteiger partial charge in [0.25, 0.3) is 0 Å². The summed E-state index contributed by atoms with van der Waals surface area (Å²) >= 11 is 0. The summed E-state index contributed by atoms with van der Waals surface area (Å²) < 4.78 is 11.7. The molecule has 4 rings (SSSR count). The van der Waals surface area contributed by atoms with Crippen LogP contribution in [0.3, 0.4) is 0 Å². The van der Waals surface area contributed by atoms with E-state index in [1.54, 1.807) is 0 Å². The molecule has 2 heterocycles. The Bertz CT molecular complexity index is 768. The van der Waals surface area contributed by atoms with Gasteiger partial charge in [-0.1, -0.05) is 26.0 Å². The predicted octanol–water partition coefficient (Wildman–Crippen LogP) is 3.91. The maximum absolute atomic E-state index is 6.26. The van der Waals surface area contributed by atoms with Crippen molar-refractivity contribution < 1.29 is 9.47 Å². The molecule has 1 saturated carbocycles. The van der Waals surface area contributed by atoms with Crippen molar-refractivity contribution in [1.82, 2.24) is 15.3 Å². The lowest BCUT2D eigenvalue weighted by atomic mass is 9.91. The van der Waals surface area contributed by atoms with Crippen molar-refractivity contribution in [2.75, 3.05) is 18.5 Å². The highest BCUT2D eigenvalue weighted by Gasteiger charge is 2.22. The predicted molar refractivity (Wildman–Crippen MR) is 112 cm³/mol. The molecule has 0 amide bonds. The van der Waals surface area contributed by atoms with Gasteiger partial charge in [0.1, 0.15) is 17.4 Å². The highest BCUT2D eigenvalue weighted by atomic mass is 16.5. The van der Waals surface area contributed by atoms with Gasteiger partial charge in [-0.15, -0.1) is 0 Å². The zero-order valence-electron chi connectivity index (χ0n) is 17.0. The molecule has 1 aromatic heterocycles. The van der Waals surface area contributed by atoms with Crippen LogP contribution in [0.2, 0.25) is 0 Å². The molecule has 0 atom stereocenters. The number of nitrogens with zero attached hydrogens (tertiary/aromatic N) is 2. The lowest BCUT2D eigenvalue weighted by Crippen LogP contribution is -2.40. The minimum Gasteiger partial charge on any atom is -0.488 e. The maximum atomic E-state index is 6.26. The van der Waals surface area contributed by atoms with Gasteiger partial charge in [-0.3, -0.25) is 0 Å². The van der Waals surface area contributed by atoms with Crippen LogP contribution in [0.4, 0.5) is 5.95 Å². The van der Waals surface area contributed by atoms with E-state index in [0.717, 1.165) is 55.5 Å². The second-order valence-electron chi connectivity index (χ2n) is 8.33. The van der Waals surface area contributed by atoms with Gasteiger partial charge in [0.2, 0.25) is 5.95 Å². The number of fused-ring (bicyclic) bond motifs is 1. The Hall–Kier alpha value is -1.92. The highest BCUT2D eigenvalue weighted by molar-refractivity contribution is 5.84. The van der Waals surface area contributed by atoms with Crippen LogP contribution in [0.15, 0.2) is 24.4 Å². The fraction of sp³-hybridized carbons (Fsp3) is 0.636. The quantitative estimate of drug-likeness (QED) is 0.787. The summed E-state index contributed by atoms with van der Waals surface area (Å²) in [7, 11) is 0. The Balaban J connectivity index is 1.43. The summed E-state index contributed by atoms with van der Waals surface area (Å²) in [5, 5.41) is 8.22. The summed E-state index contributed by atoms with van der Waals surface area (Å²) in [5.74, 6) is 1.55. The van der Waals surface area contributed by atoms with Crippen molar-refractivity contribution in [3.63, 3.8) is 0 Å². The lowest BCUT2D eigenvalue weighted by Gasteiger charge is -2.31. The number of para-hydroxylation sites is 1. The summed E-state index contributed by atoms with van der Waals surface area (Å²) in [6.07, 6.45) is 8.64. The molecule has 0 spiro atoms. The van der Waals surface area contributed by atoms with E-state index < -0.39 is 0 Å². The first-order valence-electron chi connectivity index (χ1n) is 10.7. The minimum absolute atomic E-state index is 0.203. The smallest absolute Gasteiger partial charge is 0.223 e. The van der Waals surface area contributed by atoms with Gasteiger partial charge < -0.3 is 20.1 Å². The van der Waals surface area contributed by atoms with Gasteiger partial charge in [0.05, 0.1) is 13.2 Å². The van der Waals surface area contributed by atoms with E-state index >= 15 is 0 Å². The average Bonchev–Trinajstić information content (AvgIpc) is 2.70. The molecule has 2 fully saturated rings. The number of anilines is 1. The van der Waals surface area contributed by atoms with Gasteiger partial charge in [-0.05, 0) is 31.7 Å². The zero-order chi connectivity index (χ0) is 19.3. The zero-order valence-corrected chi connectivity index (χ0v) is 17.0. The van der Waals surface area contributed by atoms with E-state index in [-0.39, 0.29) is 6.10 Å². The van der Waals surface area contributed by atoms with Crippen LogP contribution < -0.4 is 15.4 Å². The van der Waals surface area contributed by atoms with E-state index in [2.05, 4.69) is 29.5 Å². The van der Waals surface area contributed by atoms with E-state index in [9.17, 15) is 0 Å². The number of ether oxygens (including phenoxy) is 2. The van der Waals surface area contributed by atoms with Crippen LogP contribution in [0.5, 0.6) is 5.75 Å².